The number of carbonyl (C=O) groups is 1. The average Bonchev–Trinajstić information content (AvgIpc) is 2.23. The van der Waals surface area contributed by atoms with Crippen molar-refractivity contribution in [1.29, 1.82) is 0 Å². The first-order valence-electron chi connectivity index (χ1n) is 6.18. The first-order valence-corrected chi connectivity index (χ1v) is 6.18. The monoisotopic (exact) mass is 251 g/mol. The summed E-state index contributed by atoms with van der Waals surface area (Å²) < 4.78 is 18.6. The molecule has 1 aliphatic rings. The lowest BCUT2D eigenvalue weighted by Crippen LogP contribution is -2.54. The molecule has 0 saturated heterocycles. The molecule has 0 radical (unpaired) electrons. The fourth-order valence-corrected chi connectivity index (χ4v) is 2.64. The van der Waals surface area contributed by atoms with Crippen LogP contribution in [0.15, 0.2) is 18.2 Å². The van der Waals surface area contributed by atoms with Crippen LogP contribution in [0, 0.1) is 12.7 Å². The van der Waals surface area contributed by atoms with Gasteiger partial charge < -0.3 is 10.5 Å². The lowest BCUT2D eigenvalue weighted by Gasteiger charge is -2.44. The topological polar surface area (TPSA) is 52.3 Å². The highest BCUT2D eigenvalue weighted by Gasteiger charge is 2.51. The number of hydrogen-bond acceptors (Lipinski definition) is 3. The molecule has 1 fully saturated rings. The van der Waals surface area contributed by atoms with E-state index in [1.165, 1.54) is 12.1 Å². The molecule has 1 aliphatic carbocycles. The van der Waals surface area contributed by atoms with E-state index in [1.54, 1.807) is 6.92 Å². The van der Waals surface area contributed by atoms with Gasteiger partial charge in [0.1, 0.15) is 5.82 Å². The number of benzene rings is 1. The maximum absolute atomic E-state index is 13.5. The van der Waals surface area contributed by atoms with Gasteiger partial charge in [0.15, 0.2) is 0 Å². The number of nitrogens with two attached hydrogens (primary N) is 1. The standard InChI is InChI=1S/C14H18FNO2/c1-3-18-13(17)14(7-12(16)8-14)10-4-9(2)5-11(15)6-10/h4-6,12H,3,7-8,16H2,1-2H3. The normalized spacial score (nSPS) is 26.6. The van der Waals surface area contributed by atoms with Crippen LogP contribution in [0.3, 0.4) is 0 Å². The largest absolute Gasteiger partial charge is 0.465 e. The Hall–Kier alpha value is -1.42. The Morgan fingerprint density at radius 3 is 2.67 bits per heavy atom. The van der Waals surface area contributed by atoms with Crippen molar-refractivity contribution in [2.24, 2.45) is 5.73 Å². The van der Waals surface area contributed by atoms with Crippen LogP contribution >= 0.6 is 0 Å². The Kier molecular flexibility index (Phi) is 3.39. The van der Waals surface area contributed by atoms with Gasteiger partial charge in [0.25, 0.3) is 0 Å². The Morgan fingerprint density at radius 2 is 2.17 bits per heavy atom. The van der Waals surface area contributed by atoms with Gasteiger partial charge in [-0.1, -0.05) is 6.07 Å². The number of esters is 1. The van der Waals surface area contributed by atoms with Gasteiger partial charge in [-0.25, -0.2) is 4.39 Å². The molecule has 0 atom stereocenters. The Bertz CT molecular complexity index is 447. The number of aryl methyl sites for hydroxylation is 1. The van der Waals surface area contributed by atoms with Crippen molar-refractivity contribution in [3.63, 3.8) is 0 Å². The molecule has 0 amide bonds. The van der Waals surface area contributed by atoms with Crippen LogP contribution in [-0.4, -0.2) is 18.6 Å². The van der Waals surface area contributed by atoms with Crippen LogP contribution in [0.25, 0.3) is 0 Å². The van der Waals surface area contributed by atoms with Crippen molar-refractivity contribution in [1.82, 2.24) is 0 Å². The second-order valence-corrected chi connectivity index (χ2v) is 4.99. The zero-order chi connectivity index (χ0) is 13.3. The first-order chi connectivity index (χ1) is 8.48. The number of halogens is 1. The summed E-state index contributed by atoms with van der Waals surface area (Å²) in [4.78, 5) is 12.1. The minimum atomic E-state index is -0.748. The van der Waals surface area contributed by atoms with E-state index >= 15 is 0 Å². The Morgan fingerprint density at radius 1 is 1.50 bits per heavy atom. The highest BCUT2D eigenvalue weighted by atomic mass is 19.1. The molecule has 0 spiro atoms. The summed E-state index contributed by atoms with van der Waals surface area (Å²) in [5.74, 6) is -0.620. The zero-order valence-electron chi connectivity index (χ0n) is 10.7. The third-order valence-electron chi connectivity index (χ3n) is 3.48. The molecular weight excluding hydrogens is 233 g/mol. The molecule has 1 saturated carbocycles. The van der Waals surface area contributed by atoms with Crippen LogP contribution in [0.2, 0.25) is 0 Å². The molecule has 98 valence electrons. The highest BCUT2D eigenvalue weighted by Crippen LogP contribution is 2.44. The van der Waals surface area contributed by atoms with E-state index < -0.39 is 5.41 Å². The summed E-state index contributed by atoms with van der Waals surface area (Å²) >= 11 is 0. The van der Waals surface area contributed by atoms with Gasteiger partial charge >= 0.3 is 5.97 Å². The molecule has 0 unspecified atom stereocenters. The zero-order valence-corrected chi connectivity index (χ0v) is 10.7. The molecule has 0 aromatic heterocycles. The van der Waals surface area contributed by atoms with E-state index in [4.69, 9.17) is 10.5 Å². The number of carbonyl (C=O) groups excluding carboxylic acids is 1. The predicted molar refractivity (Wildman–Crippen MR) is 66.7 cm³/mol. The van der Waals surface area contributed by atoms with Gasteiger partial charge in [-0.3, -0.25) is 4.79 Å². The van der Waals surface area contributed by atoms with Crippen molar-refractivity contribution >= 4 is 5.97 Å². The molecule has 0 aliphatic heterocycles. The lowest BCUT2D eigenvalue weighted by molar-refractivity contribution is -0.154. The highest BCUT2D eigenvalue weighted by molar-refractivity contribution is 5.85. The van der Waals surface area contributed by atoms with Gasteiger partial charge in [0.05, 0.1) is 12.0 Å². The van der Waals surface area contributed by atoms with E-state index in [0.29, 0.717) is 25.0 Å². The Balaban J connectivity index is 2.38. The molecule has 2 rings (SSSR count). The first kappa shape index (κ1) is 13.0. The summed E-state index contributed by atoms with van der Waals surface area (Å²) in [6, 6.07) is 4.68. The van der Waals surface area contributed by atoms with Crippen molar-refractivity contribution < 1.29 is 13.9 Å². The Labute approximate surface area is 106 Å². The van der Waals surface area contributed by atoms with Crippen LogP contribution < -0.4 is 5.73 Å². The maximum Gasteiger partial charge on any atom is 0.316 e. The molecule has 0 bridgehead atoms. The second kappa shape index (κ2) is 4.69. The van der Waals surface area contributed by atoms with Gasteiger partial charge in [0.2, 0.25) is 0 Å². The van der Waals surface area contributed by atoms with E-state index in [1.807, 2.05) is 13.0 Å². The molecular formula is C14H18FNO2. The third kappa shape index (κ3) is 2.12. The SMILES string of the molecule is CCOC(=O)C1(c2cc(C)cc(F)c2)CC(N)C1. The predicted octanol–water partition coefficient (Wildman–Crippen LogP) is 2.06. The number of hydrogen-bond donors (Lipinski definition) is 1. The summed E-state index contributed by atoms with van der Waals surface area (Å²) in [5, 5.41) is 0. The average molecular weight is 251 g/mol. The number of rotatable bonds is 3. The smallest absolute Gasteiger partial charge is 0.316 e. The molecule has 2 N–H and O–H groups in total. The summed E-state index contributed by atoms with van der Waals surface area (Å²) in [6.45, 7) is 3.90. The molecule has 0 heterocycles. The van der Waals surface area contributed by atoms with Gasteiger partial charge in [-0.15, -0.1) is 0 Å². The van der Waals surface area contributed by atoms with Crippen molar-refractivity contribution in [3.05, 3.63) is 35.1 Å². The fourth-order valence-electron chi connectivity index (χ4n) is 2.64. The minimum absolute atomic E-state index is 0.0158. The fraction of sp³-hybridized carbons (Fsp3) is 0.500. The van der Waals surface area contributed by atoms with E-state index in [0.717, 1.165) is 5.56 Å². The van der Waals surface area contributed by atoms with Crippen molar-refractivity contribution in [3.8, 4) is 0 Å². The number of ether oxygens (including phenoxy) is 1. The second-order valence-electron chi connectivity index (χ2n) is 4.99. The van der Waals surface area contributed by atoms with Gasteiger partial charge in [-0.2, -0.15) is 0 Å². The summed E-state index contributed by atoms with van der Waals surface area (Å²) in [5.41, 5.74) is 6.53. The quantitative estimate of drug-likeness (QED) is 0.836. The van der Waals surface area contributed by atoms with Crippen LogP contribution in [-0.2, 0) is 14.9 Å². The molecule has 1 aromatic rings. The molecule has 4 heteroatoms. The third-order valence-corrected chi connectivity index (χ3v) is 3.48. The van der Waals surface area contributed by atoms with E-state index in [9.17, 15) is 9.18 Å². The van der Waals surface area contributed by atoms with Crippen molar-refractivity contribution in [2.75, 3.05) is 6.61 Å². The lowest BCUT2D eigenvalue weighted by atomic mass is 9.61. The van der Waals surface area contributed by atoms with Crippen LogP contribution in [0.5, 0.6) is 0 Å². The van der Waals surface area contributed by atoms with Gasteiger partial charge in [0, 0.05) is 6.04 Å². The summed E-state index contributed by atoms with van der Waals surface area (Å²) in [7, 11) is 0. The molecule has 1 aromatic carbocycles. The van der Waals surface area contributed by atoms with E-state index in [2.05, 4.69) is 0 Å². The van der Waals surface area contributed by atoms with Crippen LogP contribution in [0.1, 0.15) is 30.9 Å². The van der Waals surface area contributed by atoms with Gasteiger partial charge in [-0.05, 0) is 49.9 Å². The minimum Gasteiger partial charge on any atom is -0.465 e. The van der Waals surface area contributed by atoms with E-state index in [-0.39, 0.29) is 17.8 Å². The van der Waals surface area contributed by atoms with Crippen LogP contribution in [0.4, 0.5) is 4.39 Å². The maximum atomic E-state index is 13.5. The van der Waals surface area contributed by atoms with Crippen molar-refractivity contribution in [2.45, 2.75) is 38.1 Å². The molecule has 18 heavy (non-hydrogen) atoms. The summed E-state index contributed by atoms with van der Waals surface area (Å²) in [6.07, 6.45) is 1.05. The molecule has 3 nitrogen and oxygen atoms in total.